The highest BCUT2D eigenvalue weighted by molar-refractivity contribution is 7.89. The van der Waals surface area contributed by atoms with E-state index in [2.05, 4.69) is 10.6 Å². The van der Waals surface area contributed by atoms with Crippen molar-refractivity contribution in [1.29, 1.82) is 0 Å². The van der Waals surface area contributed by atoms with Crippen LogP contribution in [0.1, 0.15) is 49.4 Å². The second-order valence-corrected chi connectivity index (χ2v) is 8.65. The van der Waals surface area contributed by atoms with Gasteiger partial charge in [-0.25, -0.2) is 8.42 Å². The highest BCUT2D eigenvalue weighted by Gasteiger charge is 2.27. The minimum atomic E-state index is -3.69. The third-order valence-electron chi connectivity index (χ3n) is 4.60. The van der Waals surface area contributed by atoms with Crippen molar-refractivity contribution in [3.05, 3.63) is 23.8 Å². The third-order valence-corrected chi connectivity index (χ3v) is 6.49. The van der Waals surface area contributed by atoms with Crippen LogP contribution in [0.5, 0.6) is 5.75 Å². The smallest absolute Gasteiger partial charge is 0.255 e. The van der Waals surface area contributed by atoms with Crippen molar-refractivity contribution >= 4 is 21.8 Å². The lowest BCUT2D eigenvalue weighted by molar-refractivity contribution is -0.120. The van der Waals surface area contributed by atoms with Gasteiger partial charge in [-0.3, -0.25) is 9.59 Å². The van der Waals surface area contributed by atoms with E-state index in [1.165, 1.54) is 29.6 Å². The molecule has 0 spiro atoms. The Balaban J connectivity index is 2.20. The fourth-order valence-corrected chi connectivity index (χ4v) is 4.58. The minimum absolute atomic E-state index is 0.0517. The topological polar surface area (TPSA) is 105 Å². The van der Waals surface area contributed by atoms with Crippen molar-refractivity contribution in [3.63, 3.8) is 0 Å². The zero-order chi connectivity index (χ0) is 20.6. The molecule has 156 valence electrons. The number of nitrogens with one attached hydrogen (secondary N) is 2. The summed E-state index contributed by atoms with van der Waals surface area (Å²) in [6.07, 6.45) is 4.49. The molecular weight excluding hydrogens is 382 g/mol. The maximum Gasteiger partial charge on any atom is 0.255 e. The molecule has 1 heterocycles. The molecule has 2 rings (SSSR count). The van der Waals surface area contributed by atoms with Crippen LogP contribution in [0.2, 0.25) is 0 Å². The predicted octanol–water partition coefficient (Wildman–Crippen LogP) is 1.52. The number of rotatable bonds is 8. The Morgan fingerprint density at radius 1 is 1.11 bits per heavy atom. The standard InChI is InChI=1S/C19H29N3O5S/c1-3-10-20-18(23)14-21-19(24)16-13-15(8-9-17(16)27-2)28(25,26)22-11-6-4-5-7-12-22/h8-9,13H,3-7,10-12,14H2,1-2H3,(H,20,23)(H,21,24). The number of hydrogen-bond donors (Lipinski definition) is 2. The first kappa shape index (κ1) is 22.2. The molecule has 0 radical (unpaired) electrons. The van der Waals surface area contributed by atoms with Gasteiger partial charge in [0.05, 0.1) is 24.1 Å². The molecule has 8 nitrogen and oxygen atoms in total. The monoisotopic (exact) mass is 411 g/mol. The van der Waals surface area contributed by atoms with E-state index in [4.69, 9.17) is 4.74 Å². The summed E-state index contributed by atoms with van der Waals surface area (Å²) < 4.78 is 32.7. The predicted molar refractivity (Wildman–Crippen MR) is 106 cm³/mol. The molecule has 1 aromatic rings. The number of sulfonamides is 1. The molecule has 1 aliphatic rings. The van der Waals surface area contributed by atoms with Crippen LogP contribution in [0.15, 0.2) is 23.1 Å². The Labute approximate surface area is 166 Å². The van der Waals surface area contributed by atoms with Crippen molar-refractivity contribution in [2.75, 3.05) is 33.3 Å². The van der Waals surface area contributed by atoms with E-state index in [1.54, 1.807) is 0 Å². The lowest BCUT2D eigenvalue weighted by atomic mass is 10.2. The van der Waals surface area contributed by atoms with Crippen LogP contribution in [0.25, 0.3) is 0 Å². The van der Waals surface area contributed by atoms with E-state index in [0.29, 0.717) is 19.6 Å². The maximum absolute atomic E-state index is 13.0. The second-order valence-electron chi connectivity index (χ2n) is 6.71. The number of carbonyl (C=O) groups excluding carboxylic acids is 2. The highest BCUT2D eigenvalue weighted by Crippen LogP contribution is 2.26. The van der Waals surface area contributed by atoms with Gasteiger partial charge < -0.3 is 15.4 Å². The molecule has 0 saturated carbocycles. The van der Waals surface area contributed by atoms with Gasteiger partial charge in [-0.1, -0.05) is 19.8 Å². The fraction of sp³-hybridized carbons (Fsp3) is 0.579. The van der Waals surface area contributed by atoms with E-state index in [1.807, 2.05) is 6.92 Å². The average molecular weight is 412 g/mol. The first-order valence-electron chi connectivity index (χ1n) is 9.63. The van der Waals surface area contributed by atoms with Gasteiger partial charge in [-0.2, -0.15) is 4.31 Å². The molecule has 1 aromatic carbocycles. The lowest BCUT2D eigenvalue weighted by Crippen LogP contribution is -2.37. The Hall–Kier alpha value is -2.13. The summed E-state index contributed by atoms with van der Waals surface area (Å²) in [7, 11) is -2.29. The van der Waals surface area contributed by atoms with Gasteiger partial charge in [0.2, 0.25) is 15.9 Å². The van der Waals surface area contributed by atoms with Gasteiger partial charge in [0.15, 0.2) is 0 Å². The van der Waals surface area contributed by atoms with Crippen LogP contribution in [0.3, 0.4) is 0 Å². The number of hydrogen-bond acceptors (Lipinski definition) is 5. The molecular formula is C19H29N3O5S. The van der Waals surface area contributed by atoms with Gasteiger partial charge in [0, 0.05) is 19.6 Å². The van der Waals surface area contributed by atoms with Gasteiger partial charge in [-0.15, -0.1) is 0 Å². The van der Waals surface area contributed by atoms with Crippen LogP contribution in [0, 0.1) is 0 Å². The zero-order valence-electron chi connectivity index (χ0n) is 16.5. The first-order valence-corrected chi connectivity index (χ1v) is 11.1. The molecule has 0 aromatic heterocycles. The molecule has 2 amide bonds. The lowest BCUT2D eigenvalue weighted by Gasteiger charge is -2.20. The summed E-state index contributed by atoms with van der Waals surface area (Å²) in [5.41, 5.74) is 0.0849. The van der Waals surface area contributed by atoms with Gasteiger partial charge in [0.1, 0.15) is 5.75 Å². The van der Waals surface area contributed by atoms with E-state index in [9.17, 15) is 18.0 Å². The van der Waals surface area contributed by atoms with E-state index in [0.717, 1.165) is 32.1 Å². The SMILES string of the molecule is CCCNC(=O)CNC(=O)c1cc(S(=O)(=O)N2CCCCCC2)ccc1OC. The summed E-state index contributed by atoms with van der Waals surface area (Å²) in [5, 5.41) is 5.18. The van der Waals surface area contributed by atoms with Crippen molar-refractivity contribution in [2.24, 2.45) is 0 Å². The van der Waals surface area contributed by atoms with E-state index >= 15 is 0 Å². The number of ether oxygens (including phenoxy) is 1. The van der Waals surface area contributed by atoms with Crippen LogP contribution < -0.4 is 15.4 Å². The number of nitrogens with zero attached hydrogens (tertiary/aromatic N) is 1. The van der Waals surface area contributed by atoms with Crippen LogP contribution in [-0.2, 0) is 14.8 Å². The van der Waals surface area contributed by atoms with Crippen LogP contribution in [-0.4, -0.2) is 57.8 Å². The Bertz CT molecular complexity index is 787. The van der Waals surface area contributed by atoms with Gasteiger partial charge in [0.25, 0.3) is 5.91 Å². The quantitative estimate of drug-likeness (QED) is 0.675. The second kappa shape index (κ2) is 10.4. The third kappa shape index (κ3) is 5.68. The van der Waals surface area contributed by atoms with Crippen molar-refractivity contribution in [2.45, 2.75) is 43.9 Å². The summed E-state index contributed by atoms with van der Waals surface area (Å²) in [6, 6.07) is 4.24. The normalized spacial score (nSPS) is 15.5. The van der Waals surface area contributed by atoms with Crippen molar-refractivity contribution in [1.82, 2.24) is 14.9 Å². The first-order chi connectivity index (χ1) is 13.4. The average Bonchev–Trinajstić information content (AvgIpc) is 3.00. The summed E-state index contributed by atoms with van der Waals surface area (Å²) in [5.74, 6) is -0.611. The van der Waals surface area contributed by atoms with E-state index in [-0.39, 0.29) is 28.7 Å². The highest BCUT2D eigenvalue weighted by atomic mass is 32.2. The molecule has 1 fully saturated rings. The Kier molecular flexibility index (Phi) is 8.25. The fourth-order valence-electron chi connectivity index (χ4n) is 3.04. The molecule has 28 heavy (non-hydrogen) atoms. The molecule has 2 N–H and O–H groups in total. The van der Waals surface area contributed by atoms with E-state index < -0.39 is 15.9 Å². The van der Waals surface area contributed by atoms with Crippen LogP contribution in [0.4, 0.5) is 0 Å². The molecule has 9 heteroatoms. The van der Waals surface area contributed by atoms with Gasteiger partial charge in [-0.05, 0) is 37.5 Å². The molecule has 0 bridgehead atoms. The molecule has 1 aliphatic heterocycles. The number of carbonyl (C=O) groups is 2. The Morgan fingerprint density at radius 3 is 2.39 bits per heavy atom. The van der Waals surface area contributed by atoms with Gasteiger partial charge >= 0.3 is 0 Å². The number of amides is 2. The summed E-state index contributed by atoms with van der Waals surface area (Å²) in [4.78, 5) is 24.3. The minimum Gasteiger partial charge on any atom is -0.496 e. The largest absolute Gasteiger partial charge is 0.496 e. The molecule has 0 aliphatic carbocycles. The Morgan fingerprint density at radius 2 is 1.79 bits per heavy atom. The molecule has 0 atom stereocenters. The zero-order valence-corrected chi connectivity index (χ0v) is 17.3. The molecule has 0 unspecified atom stereocenters. The summed E-state index contributed by atoms with van der Waals surface area (Å²) >= 11 is 0. The molecule has 1 saturated heterocycles. The van der Waals surface area contributed by atoms with Crippen LogP contribution >= 0.6 is 0 Å². The van der Waals surface area contributed by atoms with Crippen molar-refractivity contribution < 1.29 is 22.7 Å². The van der Waals surface area contributed by atoms with Crippen molar-refractivity contribution in [3.8, 4) is 5.75 Å². The maximum atomic E-state index is 13.0. The summed E-state index contributed by atoms with van der Waals surface area (Å²) in [6.45, 7) is 3.23. The number of benzene rings is 1. The number of methoxy groups -OCH3 is 1.